The average Bonchev–Trinajstić information content (AvgIpc) is 2.85. The third kappa shape index (κ3) is 2.03. The predicted octanol–water partition coefficient (Wildman–Crippen LogP) is 0.839. The van der Waals surface area contributed by atoms with Gasteiger partial charge in [-0.3, -0.25) is 0 Å². The van der Waals surface area contributed by atoms with Gasteiger partial charge in [-0.2, -0.15) is 0 Å². The number of aromatic nitrogens is 4. The van der Waals surface area contributed by atoms with Crippen LogP contribution >= 0.6 is 23.3 Å². The minimum Gasteiger partial charge on any atom is -0.340 e. The van der Waals surface area contributed by atoms with Gasteiger partial charge in [0.1, 0.15) is 10.7 Å². The SMILES string of the molecule is NNc1snnc1CSc1ncc[nH]1. The number of imidazole rings is 1. The Hall–Kier alpha value is -1.12. The van der Waals surface area contributed by atoms with E-state index in [1.54, 1.807) is 24.2 Å². The zero-order chi connectivity index (χ0) is 9.80. The van der Waals surface area contributed by atoms with Gasteiger partial charge >= 0.3 is 0 Å². The highest BCUT2D eigenvalue weighted by Crippen LogP contribution is 2.24. The van der Waals surface area contributed by atoms with Gasteiger partial charge in [-0.15, -0.1) is 5.10 Å². The monoisotopic (exact) mass is 228 g/mol. The van der Waals surface area contributed by atoms with Crippen molar-refractivity contribution in [3.63, 3.8) is 0 Å². The second-order valence-corrected chi connectivity index (χ2v) is 4.09. The first-order chi connectivity index (χ1) is 6.90. The summed E-state index contributed by atoms with van der Waals surface area (Å²) in [4.78, 5) is 7.07. The number of hydrogen-bond donors (Lipinski definition) is 3. The van der Waals surface area contributed by atoms with Crippen molar-refractivity contribution in [2.24, 2.45) is 5.84 Å². The van der Waals surface area contributed by atoms with Gasteiger partial charge in [0.2, 0.25) is 0 Å². The van der Waals surface area contributed by atoms with Crippen molar-refractivity contribution in [3.05, 3.63) is 18.1 Å². The van der Waals surface area contributed by atoms with Gasteiger partial charge in [0.15, 0.2) is 5.16 Å². The Labute approximate surface area is 88.5 Å². The van der Waals surface area contributed by atoms with E-state index in [9.17, 15) is 0 Å². The zero-order valence-corrected chi connectivity index (χ0v) is 8.73. The first-order valence-corrected chi connectivity index (χ1v) is 5.56. The normalized spacial score (nSPS) is 10.4. The van der Waals surface area contributed by atoms with E-state index in [0.29, 0.717) is 5.75 Å². The summed E-state index contributed by atoms with van der Waals surface area (Å²) in [5.74, 6) is 5.99. The lowest BCUT2D eigenvalue weighted by molar-refractivity contribution is 1.04. The van der Waals surface area contributed by atoms with Crippen LogP contribution in [0.5, 0.6) is 0 Å². The Bertz CT molecular complexity index is 383. The molecule has 0 radical (unpaired) electrons. The van der Waals surface area contributed by atoms with Crippen molar-refractivity contribution in [3.8, 4) is 0 Å². The van der Waals surface area contributed by atoms with Gasteiger partial charge in [-0.25, -0.2) is 10.8 Å². The second-order valence-electron chi connectivity index (χ2n) is 2.38. The predicted molar refractivity (Wildman–Crippen MR) is 55.9 cm³/mol. The first-order valence-electron chi connectivity index (χ1n) is 3.80. The lowest BCUT2D eigenvalue weighted by Crippen LogP contribution is -2.06. The van der Waals surface area contributed by atoms with Crippen molar-refractivity contribution >= 4 is 28.3 Å². The Morgan fingerprint density at radius 3 is 3.29 bits per heavy atom. The van der Waals surface area contributed by atoms with Crippen LogP contribution in [-0.2, 0) is 5.75 Å². The van der Waals surface area contributed by atoms with Gasteiger partial charge in [0, 0.05) is 29.7 Å². The quantitative estimate of drug-likeness (QED) is 0.408. The number of nitrogen functional groups attached to an aromatic ring is 1. The van der Waals surface area contributed by atoms with Gasteiger partial charge in [0.25, 0.3) is 0 Å². The van der Waals surface area contributed by atoms with Crippen LogP contribution in [0.3, 0.4) is 0 Å². The minimum atomic E-state index is 0.698. The molecular weight excluding hydrogens is 220 g/mol. The highest BCUT2D eigenvalue weighted by molar-refractivity contribution is 7.98. The van der Waals surface area contributed by atoms with E-state index in [1.165, 1.54) is 11.5 Å². The van der Waals surface area contributed by atoms with Crippen LogP contribution < -0.4 is 11.3 Å². The van der Waals surface area contributed by atoms with E-state index in [1.807, 2.05) is 0 Å². The fraction of sp³-hybridized carbons (Fsp3) is 0.167. The number of thioether (sulfide) groups is 1. The molecule has 0 atom stereocenters. The topological polar surface area (TPSA) is 92.5 Å². The summed E-state index contributed by atoms with van der Waals surface area (Å²) in [6, 6.07) is 0. The Balaban J connectivity index is 1.98. The number of hydrazine groups is 1. The van der Waals surface area contributed by atoms with Crippen molar-refractivity contribution in [1.29, 1.82) is 0 Å². The molecule has 0 spiro atoms. The molecule has 2 heterocycles. The summed E-state index contributed by atoms with van der Waals surface area (Å²) in [6.07, 6.45) is 3.49. The van der Waals surface area contributed by atoms with Crippen LogP contribution in [0.25, 0.3) is 0 Å². The number of H-pyrrole nitrogens is 1. The lowest BCUT2D eigenvalue weighted by Gasteiger charge is -1.97. The molecule has 0 bridgehead atoms. The Morgan fingerprint density at radius 1 is 1.64 bits per heavy atom. The Kier molecular flexibility index (Phi) is 2.96. The molecule has 0 aliphatic rings. The van der Waals surface area contributed by atoms with Crippen LogP contribution in [0, 0.1) is 0 Å². The molecule has 14 heavy (non-hydrogen) atoms. The zero-order valence-electron chi connectivity index (χ0n) is 7.10. The molecule has 0 aliphatic carbocycles. The summed E-state index contributed by atoms with van der Waals surface area (Å²) >= 11 is 2.80. The van der Waals surface area contributed by atoms with Crippen molar-refractivity contribution in [2.75, 3.05) is 5.43 Å². The summed E-state index contributed by atoms with van der Waals surface area (Å²) in [5, 5.41) is 5.61. The molecule has 6 nitrogen and oxygen atoms in total. The largest absolute Gasteiger partial charge is 0.340 e. The number of rotatable bonds is 4. The summed E-state index contributed by atoms with van der Waals surface area (Å²) in [5.41, 5.74) is 3.40. The third-order valence-electron chi connectivity index (χ3n) is 1.51. The van der Waals surface area contributed by atoms with Crippen LogP contribution in [0.15, 0.2) is 17.6 Å². The molecule has 0 amide bonds. The smallest absolute Gasteiger partial charge is 0.165 e. The number of anilines is 1. The van der Waals surface area contributed by atoms with E-state index in [2.05, 4.69) is 25.0 Å². The highest BCUT2D eigenvalue weighted by Gasteiger charge is 2.07. The number of nitrogens with zero attached hydrogens (tertiary/aromatic N) is 3. The molecule has 4 N–H and O–H groups in total. The van der Waals surface area contributed by atoms with Crippen LogP contribution in [-0.4, -0.2) is 19.6 Å². The summed E-state index contributed by atoms with van der Waals surface area (Å²) < 4.78 is 3.80. The standard InChI is InChI=1S/C6H8N6S2/c7-10-5-4(11-12-14-5)3-13-6-8-1-2-9-6/h1-2,10H,3,7H2,(H,8,9). The second kappa shape index (κ2) is 4.40. The van der Waals surface area contributed by atoms with E-state index in [4.69, 9.17) is 5.84 Å². The van der Waals surface area contributed by atoms with E-state index >= 15 is 0 Å². The van der Waals surface area contributed by atoms with Crippen LogP contribution in [0.4, 0.5) is 5.00 Å². The molecule has 0 saturated heterocycles. The van der Waals surface area contributed by atoms with Gasteiger partial charge in [-0.1, -0.05) is 16.3 Å². The molecule has 8 heteroatoms. The third-order valence-corrected chi connectivity index (χ3v) is 3.12. The van der Waals surface area contributed by atoms with Crippen molar-refractivity contribution in [2.45, 2.75) is 10.9 Å². The van der Waals surface area contributed by atoms with Crippen molar-refractivity contribution in [1.82, 2.24) is 19.6 Å². The molecule has 0 saturated carbocycles. The first kappa shape index (κ1) is 9.44. The molecule has 2 rings (SSSR count). The molecule has 2 aromatic rings. The maximum Gasteiger partial charge on any atom is 0.165 e. The summed E-state index contributed by atoms with van der Waals surface area (Å²) in [7, 11) is 0. The number of hydrogen-bond acceptors (Lipinski definition) is 7. The molecule has 0 aliphatic heterocycles. The molecule has 0 fully saturated rings. The highest BCUT2D eigenvalue weighted by atomic mass is 32.2. The van der Waals surface area contributed by atoms with E-state index < -0.39 is 0 Å². The van der Waals surface area contributed by atoms with Gasteiger partial charge in [-0.05, 0) is 0 Å². The fourth-order valence-electron chi connectivity index (χ4n) is 0.879. The van der Waals surface area contributed by atoms with Crippen LogP contribution in [0.2, 0.25) is 0 Å². The maximum atomic E-state index is 5.29. The molecular formula is C6H8N6S2. The maximum absolute atomic E-state index is 5.29. The lowest BCUT2D eigenvalue weighted by atomic mass is 10.5. The number of nitrogens with two attached hydrogens (primary N) is 1. The Morgan fingerprint density at radius 2 is 2.57 bits per heavy atom. The van der Waals surface area contributed by atoms with Gasteiger partial charge in [0.05, 0.1) is 0 Å². The number of aromatic amines is 1. The fourth-order valence-corrected chi connectivity index (χ4v) is 2.22. The van der Waals surface area contributed by atoms with E-state index in [-0.39, 0.29) is 0 Å². The minimum absolute atomic E-state index is 0.698. The molecule has 74 valence electrons. The van der Waals surface area contributed by atoms with Crippen molar-refractivity contribution < 1.29 is 0 Å². The average molecular weight is 228 g/mol. The molecule has 0 aromatic carbocycles. The van der Waals surface area contributed by atoms with Gasteiger partial charge < -0.3 is 10.4 Å². The number of nitrogens with one attached hydrogen (secondary N) is 2. The summed E-state index contributed by atoms with van der Waals surface area (Å²) in [6.45, 7) is 0. The molecule has 2 aromatic heterocycles. The molecule has 0 unspecified atom stereocenters. The van der Waals surface area contributed by atoms with Crippen LogP contribution in [0.1, 0.15) is 5.69 Å². The van der Waals surface area contributed by atoms with E-state index in [0.717, 1.165) is 15.9 Å².